The minimum Gasteiger partial charge on any atom is -0.479 e. The first-order valence-corrected chi connectivity index (χ1v) is 6.42. The summed E-state index contributed by atoms with van der Waals surface area (Å²) in [6, 6.07) is 5.58. The summed E-state index contributed by atoms with van der Waals surface area (Å²) in [7, 11) is 0. The van der Waals surface area contributed by atoms with Crippen molar-refractivity contribution in [1.29, 1.82) is 0 Å². The van der Waals surface area contributed by atoms with Crippen molar-refractivity contribution in [3.8, 4) is 0 Å². The average molecular weight is 288 g/mol. The van der Waals surface area contributed by atoms with Gasteiger partial charge in [-0.3, -0.25) is 4.79 Å². The highest BCUT2D eigenvalue weighted by Gasteiger charge is 2.24. The zero-order valence-electron chi connectivity index (χ0n) is 12.0. The van der Waals surface area contributed by atoms with Gasteiger partial charge in [0.25, 0.3) is 5.91 Å². The molecular weight excluding hydrogens is 272 g/mol. The van der Waals surface area contributed by atoms with Gasteiger partial charge < -0.3 is 14.9 Å². The van der Waals surface area contributed by atoms with Gasteiger partial charge in [0.15, 0.2) is 6.04 Å². The summed E-state index contributed by atoms with van der Waals surface area (Å²) < 4.78 is 4.83. The SMILES string of the molecule is Cc1cc(C(=O)NC(C(=O)O)c2ccc(C)c(C)c2)on1. The van der Waals surface area contributed by atoms with Crippen LogP contribution in [0.5, 0.6) is 0 Å². The molecule has 0 radical (unpaired) electrons. The molecule has 0 aliphatic carbocycles. The van der Waals surface area contributed by atoms with E-state index in [2.05, 4.69) is 10.5 Å². The molecule has 1 heterocycles. The normalized spacial score (nSPS) is 12.0. The van der Waals surface area contributed by atoms with Gasteiger partial charge in [-0.25, -0.2) is 4.79 Å². The van der Waals surface area contributed by atoms with Crippen molar-refractivity contribution in [3.05, 3.63) is 52.4 Å². The maximum absolute atomic E-state index is 12.0. The van der Waals surface area contributed by atoms with Crippen LogP contribution < -0.4 is 5.32 Å². The molecule has 21 heavy (non-hydrogen) atoms. The monoisotopic (exact) mass is 288 g/mol. The van der Waals surface area contributed by atoms with E-state index in [4.69, 9.17) is 4.52 Å². The fraction of sp³-hybridized carbons (Fsp3) is 0.267. The smallest absolute Gasteiger partial charge is 0.330 e. The number of aryl methyl sites for hydroxylation is 3. The van der Waals surface area contributed by atoms with E-state index in [0.29, 0.717) is 11.3 Å². The molecule has 1 aromatic heterocycles. The van der Waals surface area contributed by atoms with Crippen LogP contribution in [0.3, 0.4) is 0 Å². The minimum absolute atomic E-state index is 0.0115. The van der Waals surface area contributed by atoms with Gasteiger partial charge in [-0.1, -0.05) is 23.4 Å². The third kappa shape index (κ3) is 3.28. The molecule has 0 spiro atoms. The summed E-state index contributed by atoms with van der Waals surface area (Å²) in [6.07, 6.45) is 0. The van der Waals surface area contributed by atoms with Crippen molar-refractivity contribution >= 4 is 11.9 Å². The number of hydrogen-bond acceptors (Lipinski definition) is 4. The highest BCUT2D eigenvalue weighted by atomic mass is 16.5. The van der Waals surface area contributed by atoms with Crippen molar-refractivity contribution < 1.29 is 19.2 Å². The topological polar surface area (TPSA) is 92.4 Å². The van der Waals surface area contributed by atoms with Crippen molar-refractivity contribution in [2.24, 2.45) is 0 Å². The van der Waals surface area contributed by atoms with Crippen LogP contribution in [-0.2, 0) is 4.79 Å². The Morgan fingerprint density at radius 3 is 2.43 bits per heavy atom. The summed E-state index contributed by atoms with van der Waals surface area (Å²) in [5.74, 6) is -1.76. The number of nitrogens with one attached hydrogen (secondary N) is 1. The Bertz CT molecular complexity index is 691. The number of aromatic nitrogens is 1. The summed E-state index contributed by atoms with van der Waals surface area (Å²) in [6.45, 7) is 5.50. The molecular formula is C15H16N2O4. The molecule has 1 amide bonds. The van der Waals surface area contributed by atoms with Gasteiger partial charge in [0, 0.05) is 6.07 Å². The van der Waals surface area contributed by atoms with Gasteiger partial charge in [-0.2, -0.15) is 0 Å². The zero-order chi connectivity index (χ0) is 15.6. The first-order valence-electron chi connectivity index (χ1n) is 6.42. The van der Waals surface area contributed by atoms with Crippen LogP contribution in [0.15, 0.2) is 28.8 Å². The number of aliphatic carboxylic acids is 1. The van der Waals surface area contributed by atoms with E-state index < -0.39 is 17.9 Å². The first-order chi connectivity index (χ1) is 9.88. The van der Waals surface area contributed by atoms with Gasteiger partial charge in [-0.05, 0) is 37.5 Å². The summed E-state index contributed by atoms with van der Waals surface area (Å²) >= 11 is 0. The van der Waals surface area contributed by atoms with Gasteiger partial charge >= 0.3 is 5.97 Å². The van der Waals surface area contributed by atoms with Gasteiger partial charge in [0.05, 0.1) is 5.69 Å². The Balaban J connectivity index is 2.25. The Hall–Kier alpha value is -2.63. The Kier molecular flexibility index (Phi) is 4.07. The molecule has 6 nitrogen and oxygen atoms in total. The van der Waals surface area contributed by atoms with Crippen LogP contribution >= 0.6 is 0 Å². The second-order valence-corrected chi connectivity index (χ2v) is 4.92. The van der Waals surface area contributed by atoms with Gasteiger partial charge in [-0.15, -0.1) is 0 Å². The standard InChI is InChI=1S/C15H16N2O4/c1-8-4-5-11(6-9(8)2)13(15(19)20)16-14(18)12-7-10(3)17-21-12/h4-7,13H,1-3H3,(H,16,18)(H,19,20). The van der Waals surface area contributed by atoms with Crippen LogP contribution in [0.1, 0.15) is 39.0 Å². The van der Waals surface area contributed by atoms with Gasteiger partial charge in [0.2, 0.25) is 5.76 Å². The molecule has 2 rings (SSSR count). The number of carboxylic acid groups (broad SMARTS) is 1. The fourth-order valence-electron chi connectivity index (χ4n) is 1.90. The Morgan fingerprint density at radius 2 is 1.90 bits per heavy atom. The van der Waals surface area contributed by atoms with Crippen molar-refractivity contribution in [2.75, 3.05) is 0 Å². The predicted molar refractivity (Wildman–Crippen MR) is 75.0 cm³/mol. The number of carbonyl (C=O) groups is 2. The van der Waals surface area contributed by atoms with Crippen LogP contribution in [0.25, 0.3) is 0 Å². The van der Waals surface area contributed by atoms with E-state index in [1.54, 1.807) is 19.1 Å². The maximum Gasteiger partial charge on any atom is 0.330 e. The lowest BCUT2D eigenvalue weighted by molar-refractivity contribution is -0.139. The van der Waals surface area contributed by atoms with E-state index in [1.807, 2.05) is 19.9 Å². The minimum atomic E-state index is -1.14. The predicted octanol–water partition coefficient (Wildman–Crippen LogP) is 2.16. The van der Waals surface area contributed by atoms with Crippen LogP contribution in [0.4, 0.5) is 0 Å². The quantitative estimate of drug-likeness (QED) is 0.899. The molecule has 0 saturated carbocycles. The van der Waals surface area contributed by atoms with Crippen molar-refractivity contribution in [3.63, 3.8) is 0 Å². The highest BCUT2D eigenvalue weighted by molar-refractivity contribution is 5.94. The van der Waals surface area contributed by atoms with E-state index >= 15 is 0 Å². The molecule has 1 aromatic carbocycles. The molecule has 0 fully saturated rings. The summed E-state index contributed by atoms with van der Waals surface area (Å²) in [5.41, 5.74) is 3.08. The Labute approximate surface area is 121 Å². The molecule has 110 valence electrons. The molecule has 6 heteroatoms. The molecule has 1 atom stereocenters. The zero-order valence-corrected chi connectivity index (χ0v) is 12.0. The summed E-state index contributed by atoms with van der Waals surface area (Å²) in [4.78, 5) is 23.4. The second-order valence-electron chi connectivity index (χ2n) is 4.92. The molecule has 2 N–H and O–H groups in total. The van der Waals surface area contributed by atoms with E-state index in [0.717, 1.165) is 11.1 Å². The number of amides is 1. The third-order valence-electron chi connectivity index (χ3n) is 3.24. The number of carboxylic acids is 1. The van der Waals surface area contributed by atoms with Crippen molar-refractivity contribution in [1.82, 2.24) is 10.5 Å². The number of carbonyl (C=O) groups excluding carboxylic acids is 1. The lowest BCUT2D eigenvalue weighted by atomic mass is 10.0. The average Bonchev–Trinajstić information content (AvgIpc) is 2.85. The Morgan fingerprint density at radius 1 is 1.19 bits per heavy atom. The largest absolute Gasteiger partial charge is 0.479 e. The lowest BCUT2D eigenvalue weighted by Gasteiger charge is -2.15. The van der Waals surface area contributed by atoms with E-state index in [-0.39, 0.29) is 5.76 Å². The molecule has 1 unspecified atom stereocenters. The fourth-order valence-corrected chi connectivity index (χ4v) is 1.90. The third-order valence-corrected chi connectivity index (χ3v) is 3.24. The molecule has 0 aliphatic heterocycles. The molecule has 2 aromatic rings. The molecule has 0 bridgehead atoms. The van der Waals surface area contributed by atoms with Crippen molar-refractivity contribution in [2.45, 2.75) is 26.8 Å². The molecule has 0 saturated heterocycles. The van der Waals surface area contributed by atoms with Crippen LogP contribution in [0, 0.1) is 20.8 Å². The molecule has 0 aliphatic rings. The number of benzene rings is 1. The van der Waals surface area contributed by atoms with E-state index in [9.17, 15) is 14.7 Å². The maximum atomic E-state index is 12.0. The second kappa shape index (κ2) is 5.78. The lowest BCUT2D eigenvalue weighted by Crippen LogP contribution is -2.33. The van der Waals surface area contributed by atoms with E-state index in [1.165, 1.54) is 6.07 Å². The van der Waals surface area contributed by atoms with Gasteiger partial charge in [0.1, 0.15) is 0 Å². The first kappa shape index (κ1) is 14.8. The number of hydrogen-bond donors (Lipinski definition) is 2. The number of nitrogens with zero attached hydrogens (tertiary/aromatic N) is 1. The highest BCUT2D eigenvalue weighted by Crippen LogP contribution is 2.18. The van der Waals surface area contributed by atoms with Crippen LogP contribution in [-0.4, -0.2) is 22.1 Å². The number of rotatable bonds is 4. The summed E-state index contributed by atoms with van der Waals surface area (Å²) in [5, 5.41) is 15.4. The van der Waals surface area contributed by atoms with Crippen LogP contribution in [0.2, 0.25) is 0 Å².